The summed E-state index contributed by atoms with van der Waals surface area (Å²) in [5, 5.41) is 48.6. The van der Waals surface area contributed by atoms with Crippen LogP contribution in [0, 0.1) is 10.8 Å². The second-order valence-electron chi connectivity index (χ2n) is 9.03. The van der Waals surface area contributed by atoms with Crippen LogP contribution in [-0.4, -0.2) is 37.5 Å². The molecule has 7 nitrogen and oxygen atoms in total. The normalized spacial score (nSPS) is 12.1. The third kappa shape index (κ3) is 6.84. The molecule has 0 aliphatic rings. The lowest BCUT2D eigenvalue weighted by Crippen LogP contribution is -2.23. The van der Waals surface area contributed by atoms with Crippen molar-refractivity contribution >= 4 is 11.9 Å². The average Bonchev–Trinajstić information content (AvgIpc) is 2.62. The van der Waals surface area contributed by atoms with Crippen LogP contribution < -0.4 is 0 Å². The maximum atomic E-state index is 11.2. The Bertz CT molecular complexity index is 677. The minimum Gasteiger partial charge on any atom is -0.504 e. The smallest absolute Gasteiger partial charge is 0.309 e. The molecule has 0 amide bonds. The molecule has 29 heavy (non-hydrogen) atoms. The highest BCUT2D eigenvalue weighted by Crippen LogP contribution is 2.41. The minimum absolute atomic E-state index is 0.351. The highest BCUT2D eigenvalue weighted by molar-refractivity contribution is 5.73. The van der Waals surface area contributed by atoms with Gasteiger partial charge in [0.25, 0.3) is 0 Å². The molecule has 0 bridgehead atoms. The van der Waals surface area contributed by atoms with Gasteiger partial charge in [0.2, 0.25) is 5.75 Å². The number of aliphatic carboxylic acids is 2. The lowest BCUT2D eigenvalue weighted by molar-refractivity contribution is -0.148. The van der Waals surface area contributed by atoms with Crippen molar-refractivity contribution in [3.63, 3.8) is 0 Å². The lowest BCUT2D eigenvalue weighted by Gasteiger charge is -2.19. The Morgan fingerprint density at radius 3 is 1.34 bits per heavy atom. The summed E-state index contributed by atoms with van der Waals surface area (Å²) >= 11 is 0. The summed E-state index contributed by atoms with van der Waals surface area (Å²) in [7, 11) is 0. The zero-order valence-electron chi connectivity index (χ0n) is 17.8. The predicted octanol–water partition coefficient (Wildman–Crippen LogP) is 4.45. The van der Waals surface area contributed by atoms with Gasteiger partial charge in [0.1, 0.15) is 0 Å². The first-order chi connectivity index (χ1) is 13.3. The number of hydrogen-bond acceptors (Lipinski definition) is 5. The van der Waals surface area contributed by atoms with Crippen LogP contribution in [-0.2, 0) is 22.4 Å². The molecule has 0 unspecified atom stereocenters. The van der Waals surface area contributed by atoms with E-state index < -0.39 is 28.5 Å². The van der Waals surface area contributed by atoms with Gasteiger partial charge in [0.15, 0.2) is 11.5 Å². The van der Waals surface area contributed by atoms with Gasteiger partial charge in [-0.1, -0.05) is 12.8 Å². The van der Waals surface area contributed by atoms with Gasteiger partial charge >= 0.3 is 11.9 Å². The van der Waals surface area contributed by atoms with E-state index in [9.17, 15) is 24.9 Å². The molecule has 7 heteroatoms. The van der Waals surface area contributed by atoms with E-state index in [4.69, 9.17) is 10.2 Å². The number of phenols is 3. The summed E-state index contributed by atoms with van der Waals surface area (Å²) in [6, 6.07) is 1.66. The summed E-state index contributed by atoms with van der Waals surface area (Å²) in [4.78, 5) is 22.3. The molecule has 5 N–H and O–H groups in total. The maximum Gasteiger partial charge on any atom is 0.309 e. The molecule has 0 aliphatic carbocycles. The maximum absolute atomic E-state index is 11.2. The molecule has 0 saturated carbocycles. The van der Waals surface area contributed by atoms with Crippen LogP contribution in [0.3, 0.4) is 0 Å². The Balaban J connectivity index is 2.71. The average molecular weight is 411 g/mol. The number of phenolic OH excluding ortho intramolecular Hbond substituents is 3. The summed E-state index contributed by atoms with van der Waals surface area (Å²) < 4.78 is 0. The Morgan fingerprint density at radius 2 is 1.03 bits per heavy atom. The van der Waals surface area contributed by atoms with Gasteiger partial charge in [-0.25, -0.2) is 0 Å². The van der Waals surface area contributed by atoms with Gasteiger partial charge < -0.3 is 25.5 Å². The van der Waals surface area contributed by atoms with Crippen molar-refractivity contribution in [2.24, 2.45) is 10.8 Å². The van der Waals surface area contributed by atoms with Crippen LogP contribution in [0.5, 0.6) is 17.2 Å². The van der Waals surface area contributed by atoms with E-state index in [-0.39, 0.29) is 11.5 Å². The Morgan fingerprint density at radius 1 is 0.690 bits per heavy atom. The van der Waals surface area contributed by atoms with E-state index in [1.165, 1.54) is 0 Å². The zero-order chi connectivity index (χ0) is 22.4. The number of carbonyl (C=O) groups is 2. The van der Waals surface area contributed by atoms with Gasteiger partial charge in [-0.3, -0.25) is 9.59 Å². The van der Waals surface area contributed by atoms with Crippen molar-refractivity contribution in [1.29, 1.82) is 0 Å². The van der Waals surface area contributed by atoms with Gasteiger partial charge in [0.05, 0.1) is 10.8 Å². The topological polar surface area (TPSA) is 135 Å². The number of hydrogen-bond donors (Lipinski definition) is 5. The van der Waals surface area contributed by atoms with Gasteiger partial charge in [-0.15, -0.1) is 0 Å². The lowest BCUT2D eigenvalue weighted by atomic mass is 9.86. The first-order valence-corrected chi connectivity index (χ1v) is 10.0. The van der Waals surface area contributed by atoms with Crippen LogP contribution in [0.1, 0.15) is 77.3 Å². The molecule has 0 aliphatic heterocycles. The van der Waals surface area contributed by atoms with Crippen LogP contribution in [0.2, 0.25) is 0 Å². The van der Waals surface area contributed by atoms with E-state index in [1.807, 2.05) is 0 Å². The highest BCUT2D eigenvalue weighted by atomic mass is 16.4. The largest absolute Gasteiger partial charge is 0.504 e. The second kappa shape index (κ2) is 9.85. The van der Waals surface area contributed by atoms with Crippen molar-refractivity contribution in [1.82, 2.24) is 0 Å². The molecule has 0 aromatic heterocycles. The van der Waals surface area contributed by atoms with Crippen LogP contribution in [0.4, 0.5) is 0 Å². The van der Waals surface area contributed by atoms with Gasteiger partial charge in [-0.2, -0.15) is 0 Å². The van der Waals surface area contributed by atoms with E-state index >= 15 is 0 Å². The molecular weight excluding hydrogens is 376 g/mol. The summed E-state index contributed by atoms with van der Waals surface area (Å²) in [6.07, 6.45) is 4.49. The fraction of sp³-hybridized carbons (Fsp3) is 0.636. The van der Waals surface area contributed by atoms with Crippen molar-refractivity contribution in [2.45, 2.75) is 79.1 Å². The van der Waals surface area contributed by atoms with E-state index in [2.05, 4.69) is 0 Å². The van der Waals surface area contributed by atoms with Crippen molar-refractivity contribution in [2.75, 3.05) is 0 Å². The first-order valence-electron chi connectivity index (χ1n) is 10.0. The first kappa shape index (κ1) is 24.6. The Labute approximate surface area is 172 Å². The summed E-state index contributed by atoms with van der Waals surface area (Å²) in [5.41, 5.74) is -0.606. The number of rotatable bonds is 12. The quantitative estimate of drug-likeness (QED) is 0.254. The standard InChI is InChI=1S/C22H34O7/c1-21(2,19(26)27)11-7-5-9-14-13-15(17(24)18(25)16(14)23)10-6-8-12-22(3,4)20(28)29/h13,23-25H,5-12H2,1-4H3,(H,26,27)(H,28,29). The van der Waals surface area contributed by atoms with E-state index in [1.54, 1.807) is 33.8 Å². The van der Waals surface area contributed by atoms with Crippen LogP contribution in [0.15, 0.2) is 6.07 Å². The van der Waals surface area contributed by atoms with Gasteiger partial charge in [-0.05, 0) is 83.4 Å². The number of unbranched alkanes of at least 4 members (excludes halogenated alkanes) is 2. The molecule has 0 saturated heterocycles. The summed E-state index contributed by atoms with van der Waals surface area (Å²) in [6.45, 7) is 6.68. The number of aromatic hydroxyl groups is 3. The number of carboxylic acids is 2. The molecule has 0 radical (unpaired) electrons. The van der Waals surface area contributed by atoms with Crippen LogP contribution >= 0.6 is 0 Å². The number of carboxylic acid groups (broad SMARTS) is 2. The van der Waals surface area contributed by atoms with E-state index in [0.717, 1.165) is 0 Å². The zero-order valence-corrected chi connectivity index (χ0v) is 17.8. The molecule has 1 rings (SSSR count). The number of aryl methyl sites for hydroxylation is 2. The third-order valence-electron chi connectivity index (χ3n) is 5.56. The monoisotopic (exact) mass is 410 g/mol. The summed E-state index contributed by atoms with van der Waals surface area (Å²) in [5.74, 6) is -2.95. The third-order valence-corrected chi connectivity index (χ3v) is 5.56. The molecule has 1 aromatic rings. The van der Waals surface area contributed by atoms with Crippen LogP contribution in [0.25, 0.3) is 0 Å². The molecular formula is C22H34O7. The fourth-order valence-corrected chi connectivity index (χ4v) is 3.12. The molecule has 0 spiro atoms. The van der Waals surface area contributed by atoms with Crippen molar-refractivity contribution in [3.8, 4) is 17.2 Å². The van der Waals surface area contributed by atoms with E-state index in [0.29, 0.717) is 62.5 Å². The van der Waals surface area contributed by atoms with Gasteiger partial charge in [0, 0.05) is 0 Å². The highest BCUT2D eigenvalue weighted by Gasteiger charge is 2.27. The molecule has 0 atom stereocenters. The molecule has 0 heterocycles. The predicted molar refractivity (Wildman–Crippen MR) is 109 cm³/mol. The number of benzene rings is 1. The minimum atomic E-state index is -0.851. The SMILES string of the molecule is CC(C)(CCCCc1cc(CCCCC(C)(C)C(=O)O)c(O)c(O)c1O)C(=O)O. The second-order valence-corrected chi connectivity index (χ2v) is 9.03. The Hall–Kier alpha value is -2.44. The fourth-order valence-electron chi connectivity index (χ4n) is 3.12. The van der Waals surface area contributed by atoms with Crippen molar-refractivity contribution in [3.05, 3.63) is 17.2 Å². The molecule has 1 aromatic carbocycles. The molecule has 0 fully saturated rings. The Kier molecular flexibility index (Phi) is 8.36. The van der Waals surface area contributed by atoms with Crippen molar-refractivity contribution < 1.29 is 35.1 Å². The molecule has 164 valence electrons.